The van der Waals surface area contributed by atoms with E-state index in [1.165, 1.54) is 12.8 Å². The largest absolute Gasteiger partial charge is 0.350 e. The molecule has 15 heavy (non-hydrogen) atoms. The molecule has 0 bridgehead atoms. The van der Waals surface area contributed by atoms with Gasteiger partial charge in [-0.2, -0.15) is 0 Å². The van der Waals surface area contributed by atoms with Crippen LogP contribution in [0.2, 0.25) is 0 Å². The van der Waals surface area contributed by atoms with Gasteiger partial charge in [0.05, 0.1) is 6.04 Å². The van der Waals surface area contributed by atoms with Crippen molar-refractivity contribution in [1.82, 2.24) is 10.2 Å². The molecule has 4 nitrogen and oxygen atoms in total. The highest BCUT2D eigenvalue weighted by Gasteiger charge is 2.28. The third-order valence-electron chi connectivity index (χ3n) is 3.13. The van der Waals surface area contributed by atoms with Gasteiger partial charge in [0, 0.05) is 12.1 Å². The van der Waals surface area contributed by atoms with E-state index in [0.29, 0.717) is 6.04 Å². The fraction of sp³-hybridized carbons (Fsp3) is 0.909. The SMILES string of the molecule is C[C@H](N)C(=O)N[C@@H]1CCCC[C@H]1N(C)C. The molecule has 0 saturated heterocycles. The molecule has 1 amide bonds. The van der Waals surface area contributed by atoms with Gasteiger partial charge in [0.15, 0.2) is 0 Å². The third kappa shape index (κ3) is 3.47. The zero-order valence-corrected chi connectivity index (χ0v) is 9.99. The predicted molar refractivity (Wildman–Crippen MR) is 61.5 cm³/mol. The average molecular weight is 213 g/mol. The summed E-state index contributed by atoms with van der Waals surface area (Å²) in [5.41, 5.74) is 5.55. The lowest BCUT2D eigenvalue weighted by atomic mass is 9.89. The van der Waals surface area contributed by atoms with Crippen LogP contribution >= 0.6 is 0 Å². The molecule has 0 radical (unpaired) electrons. The van der Waals surface area contributed by atoms with Crippen molar-refractivity contribution in [2.75, 3.05) is 14.1 Å². The highest BCUT2D eigenvalue weighted by atomic mass is 16.2. The number of amides is 1. The van der Waals surface area contributed by atoms with Crippen molar-refractivity contribution in [2.24, 2.45) is 5.73 Å². The number of hydrogen-bond acceptors (Lipinski definition) is 3. The molecular weight excluding hydrogens is 190 g/mol. The smallest absolute Gasteiger partial charge is 0.236 e. The topological polar surface area (TPSA) is 58.4 Å². The third-order valence-corrected chi connectivity index (χ3v) is 3.13. The molecule has 1 saturated carbocycles. The van der Waals surface area contributed by atoms with Crippen LogP contribution in [0.25, 0.3) is 0 Å². The van der Waals surface area contributed by atoms with E-state index in [9.17, 15) is 4.79 Å². The van der Waals surface area contributed by atoms with Gasteiger partial charge in [-0.25, -0.2) is 0 Å². The van der Waals surface area contributed by atoms with Crippen molar-refractivity contribution < 1.29 is 4.79 Å². The molecular formula is C11H23N3O. The summed E-state index contributed by atoms with van der Waals surface area (Å²) in [4.78, 5) is 13.7. The van der Waals surface area contributed by atoms with Gasteiger partial charge in [-0.15, -0.1) is 0 Å². The van der Waals surface area contributed by atoms with Gasteiger partial charge >= 0.3 is 0 Å². The van der Waals surface area contributed by atoms with Gasteiger partial charge in [-0.05, 0) is 33.9 Å². The number of nitrogens with zero attached hydrogens (tertiary/aromatic N) is 1. The summed E-state index contributed by atoms with van der Waals surface area (Å²) in [5, 5.41) is 3.04. The first kappa shape index (κ1) is 12.5. The Bertz CT molecular complexity index is 216. The molecule has 0 unspecified atom stereocenters. The number of carbonyl (C=O) groups is 1. The number of likely N-dealkylation sites (N-methyl/N-ethyl adjacent to an activating group) is 1. The number of nitrogens with one attached hydrogen (secondary N) is 1. The normalized spacial score (nSPS) is 28.9. The minimum absolute atomic E-state index is 0.0336. The molecule has 0 spiro atoms. The quantitative estimate of drug-likeness (QED) is 0.710. The first-order chi connectivity index (χ1) is 7.02. The predicted octanol–water partition coefficient (Wildman–Crippen LogP) is 0.323. The van der Waals surface area contributed by atoms with Crippen LogP contribution in [0.5, 0.6) is 0 Å². The summed E-state index contributed by atoms with van der Waals surface area (Å²) in [5.74, 6) is -0.0336. The molecule has 1 fully saturated rings. The number of hydrogen-bond donors (Lipinski definition) is 2. The molecule has 0 aromatic rings. The van der Waals surface area contributed by atoms with E-state index in [1.54, 1.807) is 6.92 Å². The number of carbonyl (C=O) groups excluding carboxylic acids is 1. The molecule has 88 valence electrons. The van der Waals surface area contributed by atoms with Crippen molar-refractivity contribution in [3.8, 4) is 0 Å². The second-order valence-electron chi connectivity index (χ2n) is 4.72. The lowest BCUT2D eigenvalue weighted by Gasteiger charge is -2.36. The fourth-order valence-electron chi connectivity index (χ4n) is 2.21. The van der Waals surface area contributed by atoms with Crippen molar-refractivity contribution in [3.63, 3.8) is 0 Å². The minimum Gasteiger partial charge on any atom is -0.350 e. The highest BCUT2D eigenvalue weighted by molar-refractivity contribution is 5.81. The molecule has 1 rings (SSSR count). The molecule has 4 heteroatoms. The molecule has 0 aromatic carbocycles. The van der Waals surface area contributed by atoms with Gasteiger partial charge in [0.25, 0.3) is 0 Å². The minimum atomic E-state index is -0.408. The molecule has 3 atom stereocenters. The first-order valence-corrected chi connectivity index (χ1v) is 5.74. The Hall–Kier alpha value is -0.610. The van der Waals surface area contributed by atoms with Gasteiger partial charge in [-0.1, -0.05) is 12.8 Å². The summed E-state index contributed by atoms with van der Waals surface area (Å²) in [6.45, 7) is 1.73. The van der Waals surface area contributed by atoms with Crippen LogP contribution in [-0.2, 0) is 4.79 Å². The van der Waals surface area contributed by atoms with Gasteiger partial charge in [0.1, 0.15) is 0 Å². The Morgan fingerprint density at radius 3 is 2.53 bits per heavy atom. The zero-order chi connectivity index (χ0) is 11.4. The molecule has 0 aromatic heterocycles. The number of rotatable bonds is 3. The standard InChI is InChI=1S/C11H23N3O/c1-8(12)11(15)13-9-6-4-5-7-10(9)14(2)3/h8-10H,4-7,12H2,1-3H3,(H,13,15)/t8-,9+,10+/m0/s1. The van der Waals surface area contributed by atoms with Gasteiger partial charge in [-0.3, -0.25) is 4.79 Å². The van der Waals surface area contributed by atoms with Crippen molar-refractivity contribution >= 4 is 5.91 Å². The van der Waals surface area contributed by atoms with E-state index in [-0.39, 0.29) is 11.9 Å². The van der Waals surface area contributed by atoms with E-state index in [1.807, 2.05) is 0 Å². The molecule has 3 N–H and O–H groups in total. The number of nitrogens with two attached hydrogens (primary N) is 1. The molecule has 0 heterocycles. The maximum atomic E-state index is 11.5. The second-order valence-corrected chi connectivity index (χ2v) is 4.72. The fourth-order valence-corrected chi connectivity index (χ4v) is 2.21. The maximum absolute atomic E-state index is 11.5. The molecule has 0 aliphatic heterocycles. The summed E-state index contributed by atoms with van der Waals surface area (Å²) in [6.07, 6.45) is 4.69. The average Bonchev–Trinajstić information content (AvgIpc) is 2.18. The van der Waals surface area contributed by atoms with Crippen molar-refractivity contribution in [3.05, 3.63) is 0 Å². The van der Waals surface area contributed by atoms with Crippen molar-refractivity contribution in [2.45, 2.75) is 50.7 Å². The van der Waals surface area contributed by atoms with E-state index in [4.69, 9.17) is 5.73 Å². The Labute approximate surface area is 92.2 Å². The Morgan fingerprint density at radius 1 is 1.40 bits per heavy atom. The Balaban J connectivity index is 2.53. The lowest BCUT2D eigenvalue weighted by Crippen LogP contribution is -2.54. The summed E-state index contributed by atoms with van der Waals surface area (Å²) < 4.78 is 0. The van der Waals surface area contributed by atoms with Crippen LogP contribution in [0.3, 0.4) is 0 Å². The zero-order valence-electron chi connectivity index (χ0n) is 9.99. The first-order valence-electron chi connectivity index (χ1n) is 5.74. The van der Waals surface area contributed by atoms with Crippen LogP contribution in [0.15, 0.2) is 0 Å². The highest BCUT2D eigenvalue weighted by Crippen LogP contribution is 2.21. The van der Waals surface area contributed by atoms with Gasteiger partial charge in [0.2, 0.25) is 5.91 Å². The summed E-state index contributed by atoms with van der Waals surface area (Å²) in [6, 6.07) is 0.323. The Kier molecular flexibility index (Phi) is 4.54. The van der Waals surface area contributed by atoms with E-state index in [0.717, 1.165) is 12.8 Å². The monoisotopic (exact) mass is 213 g/mol. The van der Waals surface area contributed by atoms with Crippen LogP contribution in [0.1, 0.15) is 32.6 Å². The van der Waals surface area contributed by atoms with E-state index in [2.05, 4.69) is 24.3 Å². The molecule has 1 aliphatic rings. The molecule has 1 aliphatic carbocycles. The van der Waals surface area contributed by atoms with Crippen LogP contribution < -0.4 is 11.1 Å². The lowest BCUT2D eigenvalue weighted by molar-refractivity contribution is -0.123. The maximum Gasteiger partial charge on any atom is 0.236 e. The summed E-state index contributed by atoms with van der Waals surface area (Å²) in [7, 11) is 4.14. The van der Waals surface area contributed by atoms with Gasteiger partial charge < -0.3 is 16.0 Å². The van der Waals surface area contributed by atoms with Crippen molar-refractivity contribution in [1.29, 1.82) is 0 Å². The van der Waals surface area contributed by atoms with Crippen LogP contribution in [0, 0.1) is 0 Å². The van der Waals surface area contributed by atoms with Crippen LogP contribution in [0.4, 0.5) is 0 Å². The second kappa shape index (κ2) is 5.47. The van der Waals surface area contributed by atoms with E-state index >= 15 is 0 Å². The van der Waals surface area contributed by atoms with E-state index < -0.39 is 6.04 Å². The Morgan fingerprint density at radius 2 is 2.00 bits per heavy atom. The van der Waals surface area contributed by atoms with Crippen LogP contribution in [-0.4, -0.2) is 43.0 Å². The summed E-state index contributed by atoms with van der Waals surface area (Å²) >= 11 is 0.